The highest BCUT2D eigenvalue weighted by Gasteiger charge is 2.30. The van der Waals surface area contributed by atoms with Crippen molar-refractivity contribution in [3.05, 3.63) is 59.7 Å². The number of nitrogens with two attached hydrogens (primary N) is 1. The third kappa shape index (κ3) is 6.44. The quantitative estimate of drug-likeness (QED) is 0.405. The van der Waals surface area contributed by atoms with Gasteiger partial charge in [-0.05, 0) is 42.0 Å². The third-order valence-corrected chi connectivity index (χ3v) is 4.11. The number of halogens is 3. The van der Waals surface area contributed by atoms with Crippen LogP contribution in [0.25, 0.3) is 0 Å². The van der Waals surface area contributed by atoms with Crippen molar-refractivity contribution >= 4 is 23.5 Å². The van der Waals surface area contributed by atoms with Crippen LogP contribution in [0.2, 0.25) is 0 Å². The zero-order chi connectivity index (χ0) is 22.3. The fourth-order valence-electron chi connectivity index (χ4n) is 2.62. The van der Waals surface area contributed by atoms with Crippen molar-refractivity contribution in [2.75, 3.05) is 36.1 Å². The van der Waals surface area contributed by atoms with Crippen LogP contribution in [0.4, 0.5) is 36.7 Å². The lowest BCUT2D eigenvalue weighted by molar-refractivity contribution is -0.137. The molecule has 0 amide bonds. The van der Waals surface area contributed by atoms with E-state index < -0.39 is 11.7 Å². The highest BCUT2D eigenvalue weighted by atomic mass is 19.4. The average molecular weight is 433 g/mol. The maximum Gasteiger partial charge on any atom is 0.416 e. The predicted octanol–water partition coefficient (Wildman–Crippen LogP) is 3.63. The highest BCUT2D eigenvalue weighted by molar-refractivity contribution is 5.56. The second kappa shape index (κ2) is 9.94. The molecule has 0 aliphatic heterocycles. The van der Waals surface area contributed by atoms with Gasteiger partial charge in [0.2, 0.25) is 17.8 Å². The van der Waals surface area contributed by atoms with E-state index in [0.717, 1.165) is 17.8 Å². The Morgan fingerprint density at radius 2 is 1.61 bits per heavy atom. The Labute approximate surface area is 177 Å². The highest BCUT2D eigenvalue weighted by Crippen LogP contribution is 2.29. The number of ether oxygens (including phenoxy) is 1. The Morgan fingerprint density at radius 3 is 2.26 bits per heavy atom. The fraction of sp³-hybridized carbons (Fsp3) is 0.250. The summed E-state index contributed by atoms with van der Waals surface area (Å²) < 4.78 is 43.9. The lowest BCUT2D eigenvalue weighted by Crippen LogP contribution is -2.17. The van der Waals surface area contributed by atoms with Gasteiger partial charge in [-0.3, -0.25) is 0 Å². The van der Waals surface area contributed by atoms with Crippen molar-refractivity contribution in [3.8, 4) is 5.75 Å². The molecule has 3 rings (SSSR count). The Balaban J connectivity index is 1.77. The van der Waals surface area contributed by atoms with Crippen LogP contribution >= 0.6 is 0 Å². The van der Waals surface area contributed by atoms with E-state index >= 15 is 0 Å². The molecule has 164 valence electrons. The van der Waals surface area contributed by atoms with Crippen LogP contribution in [0, 0.1) is 0 Å². The Kier molecular flexibility index (Phi) is 7.08. The van der Waals surface area contributed by atoms with E-state index in [2.05, 4.69) is 30.9 Å². The average Bonchev–Trinajstić information content (AvgIpc) is 2.76. The second-order valence-corrected chi connectivity index (χ2v) is 6.43. The smallest absolute Gasteiger partial charge is 0.416 e. The molecule has 1 aromatic heterocycles. The van der Waals surface area contributed by atoms with E-state index in [0.29, 0.717) is 24.4 Å². The van der Waals surface area contributed by atoms with Crippen LogP contribution in [-0.2, 0) is 12.7 Å². The molecule has 0 saturated heterocycles. The van der Waals surface area contributed by atoms with Gasteiger partial charge in [0.15, 0.2) is 0 Å². The minimum Gasteiger partial charge on any atom is -0.497 e. The number of rotatable bonds is 9. The molecule has 0 bridgehead atoms. The fourth-order valence-corrected chi connectivity index (χ4v) is 2.62. The maximum absolute atomic E-state index is 12.9. The van der Waals surface area contributed by atoms with Gasteiger partial charge in [-0.1, -0.05) is 12.1 Å². The number of hydrogen-bond acceptors (Lipinski definition) is 8. The summed E-state index contributed by atoms with van der Waals surface area (Å²) in [5.74, 6) is 1.44. The van der Waals surface area contributed by atoms with Crippen LogP contribution in [0.15, 0.2) is 48.5 Å². The molecular formula is C20H22F3N7O. The molecule has 11 heteroatoms. The summed E-state index contributed by atoms with van der Waals surface area (Å²) in [6.07, 6.45) is -4.40. The first-order valence-corrected chi connectivity index (χ1v) is 9.38. The minimum absolute atomic E-state index is 0.103. The molecule has 0 aliphatic rings. The monoisotopic (exact) mass is 433 g/mol. The van der Waals surface area contributed by atoms with Crippen molar-refractivity contribution in [2.45, 2.75) is 12.7 Å². The molecule has 0 spiro atoms. The van der Waals surface area contributed by atoms with E-state index in [1.54, 1.807) is 37.4 Å². The summed E-state index contributed by atoms with van der Waals surface area (Å²) in [5.41, 5.74) is 5.97. The summed E-state index contributed by atoms with van der Waals surface area (Å²) in [4.78, 5) is 12.8. The number of hydrogen-bond donors (Lipinski definition) is 4. The third-order valence-electron chi connectivity index (χ3n) is 4.11. The van der Waals surface area contributed by atoms with Gasteiger partial charge in [-0.25, -0.2) is 0 Å². The zero-order valence-electron chi connectivity index (χ0n) is 16.7. The van der Waals surface area contributed by atoms with Crippen LogP contribution in [0.3, 0.4) is 0 Å². The summed E-state index contributed by atoms with van der Waals surface area (Å²) in [6.45, 7) is 0.922. The molecule has 2 aromatic carbocycles. The van der Waals surface area contributed by atoms with Crippen LogP contribution in [-0.4, -0.2) is 35.2 Å². The first-order valence-electron chi connectivity index (χ1n) is 9.38. The van der Waals surface area contributed by atoms with Crippen molar-refractivity contribution < 1.29 is 17.9 Å². The number of anilines is 4. The summed E-state index contributed by atoms with van der Waals surface area (Å²) in [5, 5.41) is 8.97. The lowest BCUT2D eigenvalue weighted by Gasteiger charge is -2.12. The van der Waals surface area contributed by atoms with Gasteiger partial charge in [0.25, 0.3) is 0 Å². The van der Waals surface area contributed by atoms with Gasteiger partial charge in [0.1, 0.15) is 5.75 Å². The van der Waals surface area contributed by atoms with E-state index in [1.165, 1.54) is 6.07 Å². The van der Waals surface area contributed by atoms with Gasteiger partial charge < -0.3 is 26.4 Å². The molecule has 31 heavy (non-hydrogen) atoms. The van der Waals surface area contributed by atoms with E-state index in [4.69, 9.17) is 10.5 Å². The number of nitrogens with one attached hydrogen (secondary N) is 3. The maximum atomic E-state index is 12.9. The molecule has 0 atom stereocenters. The minimum atomic E-state index is -4.40. The molecule has 1 heterocycles. The van der Waals surface area contributed by atoms with Gasteiger partial charge in [-0.2, -0.15) is 28.1 Å². The number of alkyl halides is 3. The van der Waals surface area contributed by atoms with Crippen LogP contribution in [0.5, 0.6) is 5.75 Å². The molecule has 8 nitrogen and oxygen atoms in total. The second-order valence-electron chi connectivity index (χ2n) is 6.43. The molecule has 0 unspecified atom stereocenters. The Hall–Kier alpha value is -3.60. The van der Waals surface area contributed by atoms with Crippen molar-refractivity contribution in [2.24, 2.45) is 5.73 Å². The lowest BCUT2D eigenvalue weighted by atomic mass is 10.1. The Morgan fingerprint density at radius 1 is 0.935 bits per heavy atom. The first-order chi connectivity index (χ1) is 14.9. The van der Waals surface area contributed by atoms with Crippen molar-refractivity contribution in [3.63, 3.8) is 0 Å². The largest absolute Gasteiger partial charge is 0.497 e. The van der Waals surface area contributed by atoms with E-state index in [1.807, 2.05) is 0 Å². The molecule has 0 fully saturated rings. The summed E-state index contributed by atoms with van der Waals surface area (Å²) in [7, 11) is 1.58. The SMILES string of the molecule is COc1ccc(Nc2nc(NCCN)nc(NCc3cccc(C(F)(F)F)c3)n2)cc1. The molecule has 0 radical (unpaired) electrons. The zero-order valence-corrected chi connectivity index (χ0v) is 16.7. The normalized spacial score (nSPS) is 11.1. The molecule has 0 aliphatic carbocycles. The standard InChI is InChI=1S/C20H22F3N7O/c1-31-16-7-5-15(6-8-16)27-19-29-17(25-10-9-24)28-18(30-19)26-12-13-3-2-4-14(11-13)20(21,22)23/h2-8,11H,9-10,12,24H2,1H3,(H3,25,26,27,28,29,30). The summed E-state index contributed by atoms with van der Waals surface area (Å²) >= 11 is 0. The van der Waals surface area contributed by atoms with Gasteiger partial charge in [0, 0.05) is 25.3 Å². The van der Waals surface area contributed by atoms with Crippen LogP contribution < -0.4 is 26.4 Å². The van der Waals surface area contributed by atoms with Crippen molar-refractivity contribution in [1.82, 2.24) is 15.0 Å². The molecule has 0 saturated carbocycles. The molecular weight excluding hydrogens is 411 g/mol. The first kappa shape index (κ1) is 22.1. The van der Waals surface area contributed by atoms with E-state index in [-0.39, 0.29) is 24.4 Å². The topological polar surface area (TPSA) is 110 Å². The Bertz CT molecular complexity index is 997. The molecule has 3 aromatic rings. The van der Waals surface area contributed by atoms with E-state index in [9.17, 15) is 13.2 Å². The van der Waals surface area contributed by atoms with Gasteiger partial charge in [-0.15, -0.1) is 0 Å². The van der Waals surface area contributed by atoms with Crippen LogP contribution in [0.1, 0.15) is 11.1 Å². The number of aromatic nitrogens is 3. The number of methoxy groups -OCH3 is 1. The number of benzene rings is 2. The van der Waals surface area contributed by atoms with Gasteiger partial charge in [0.05, 0.1) is 12.7 Å². The predicted molar refractivity (Wildman–Crippen MR) is 112 cm³/mol. The van der Waals surface area contributed by atoms with Gasteiger partial charge >= 0.3 is 6.18 Å². The van der Waals surface area contributed by atoms with Crippen molar-refractivity contribution in [1.29, 1.82) is 0 Å². The summed E-state index contributed by atoms with van der Waals surface area (Å²) in [6, 6.07) is 12.2. The molecule has 5 N–H and O–H groups in total. The number of nitrogens with zero attached hydrogens (tertiary/aromatic N) is 3.